The lowest BCUT2D eigenvalue weighted by Crippen LogP contribution is -2.38. The molecule has 0 saturated carbocycles. The fourth-order valence-corrected chi connectivity index (χ4v) is 2.19. The number of hydrogen-bond acceptors (Lipinski definition) is 3. The van der Waals surface area contributed by atoms with Crippen LogP contribution in [-0.2, 0) is 11.3 Å². The quantitative estimate of drug-likeness (QED) is 0.776. The van der Waals surface area contributed by atoms with Gasteiger partial charge in [-0.1, -0.05) is 36.5 Å². The smallest absolute Gasteiger partial charge is 0.236 e. The van der Waals surface area contributed by atoms with Crippen molar-refractivity contribution in [3.8, 4) is 0 Å². The van der Waals surface area contributed by atoms with Crippen molar-refractivity contribution in [2.75, 3.05) is 26.7 Å². The molecule has 0 aliphatic carbocycles. The van der Waals surface area contributed by atoms with Gasteiger partial charge in [-0.3, -0.25) is 9.69 Å². The standard InChI is InChI=1S/C15H23N3OS/c1-4-18(5-2)14(19)11-17(3)10-12-6-8-13(9-7-12)15(16)20/h6-9H,4-5,10-11H2,1-3H3,(H2,16,20). The molecule has 20 heavy (non-hydrogen) atoms. The number of likely N-dealkylation sites (N-methyl/N-ethyl adjacent to an activating group) is 2. The summed E-state index contributed by atoms with van der Waals surface area (Å²) >= 11 is 4.92. The van der Waals surface area contributed by atoms with E-state index in [1.165, 1.54) is 0 Å². The van der Waals surface area contributed by atoms with Crippen LogP contribution in [0.2, 0.25) is 0 Å². The predicted molar refractivity (Wildman–Crippen MR) is 86.6 cm³/mol. The first-order chi connectivity index (χ1) is 9.47. The molecule has 0 heterocycles. The molecule has 0 aromatic heterocycles. The van der Waals surface area contributed by atoms with Gasteiger partial charge in [0.2, 0.25) is 5.91 Å². The molecule has 2 N–H and O–H groups in total. The molecule has 0 aliphatic heterocycles. The SMILES string of the molecule is CCN(CC)C(=O)CN(C)Cc1ccc(C(N)=S)cc1. The minimum atomic E-state index is 0.164. The van der Waals surface area contributed by atoms with Crippen molar-refractivity contribution < 1.29 is 4.79 Å². The third-order valence-electron chi connectivity index (χ3n) is 3.21. The molecule has 0 saturated heterocycles. The summed E-state index contributed by atoms with van der Waals surface area (Å²) in [6.45, 7) is 6.66. The second-order valence-corrected chi connectivity index (χ2v) is 5.24. The molecule has 5 heteroatoms. The fraction of sp³-hybridized carbons (Fsp3) is 0.467. The van der Waals surface area contributed by atoms with Gasteiger partial charge in [-0.05, 0) is 26.5 Å². The number of thiocarbonyl (C=S) groups is 1. The van der Waals surface area contributed by atoms with Crippen molar-refractivity contribution in [3.05, 3.63) is 35.4 Å². The van der Waals surface area contributed by atoms with E-state index in [1.807, 2.05) is 55.0 Å². The molecule has 1 aromatic rings. The Hall–Kier alpha value is -1.46. The molecule has 0 atom stereocenters. The number of carbonyl (C=O) groups is 1. The van der Waals surface area contributed by atoms with Gasteiger partial charge in [0.25, 0.3) is 0 Å². The first kappa shape index (κ1) is 16.6. The van der Waals surface area contributed by atoms with Crippen LogP contribution in [-0.4, -0.2) is 47.4 Å². The summed E-state index contributed by atoms with van der Waals surface area (Å²) in [5.74, 6) is 0.164. The minimum absolute atomic E-state index is 0.164. The third-order valence-corrected chi connectivity index (χ3v) is 3.45. The van der Waals surface area contributed by atoms with Crippen LogP contribution in [0.3, 0.4) is 0 Å². The topological polar surface area (TPSA) is 49.6 Å². The van der Waals surface area contributed by atoms with Crippen LogP contribution in [0, 0.1) is 0 Å². The summed E-state index contributed by atoms with van der Waals surface area (Å²) in [5, 5.41) is 0. The van der Waals surface area contributed by atoms with E-state index in [4.69, 9.17) is 18.0 Å². The number of carbonyl (C=O) groups excluding carboxylic acids is 1. The largest absolute Gasteiger partial charge is 0.389 e. The Bertz CT molecular complexity index is 455. The average Bonchev–Trinajstić information content (AvgIpc) is 2.40. The van der Waals surface area contributed by atoms with Gasteiger partial charge in [0, 0.05) is 25.2 Å². The summed E-state index contributed by atoms with van der Waals surface area (Å²) in [7, 11) is 1.95. The lowest BCUT2D eigenvalue weighted by atomic mass is 10.1. The molecular weight excluding hydrogens is 270 g/mol. The summed E-state index contributed by atoms with van der Waals surface area (Å²) < 4.78 is 0. The van der Waals surface area contributed by atoms with Gasteiger partial charge in [-0.2, -0.15) is 0 Å². The fourth-order valence-electron chi connectivity index (χ4n) is 2.05. The van der Waals surface area contributed by atoms with Crippen LogP contribution in [0.1, 0.15) is 25.0 Å². The number of benzene rings is 1. The Labute approximate surface area is 126 Å². The van der Waals surface area contributed by atoms with Crippen molar-refractivity contribution in [2.45, 2.75) is 20.4 Å². The minimum Gasteiger partial charge on any atom is -0.389 e. The summed E-state index contributed by atoms with van der Waals surface area (Å²) in [6.07, 6.45) is 0. The van der Waals surface area contributed by atoms with E-state index in [1.54, 1.807) is 0 Å². The van der Waals surface area contributed by atoms with Gasteiger partial charge in [0.1, 0.15) is 4.99 Å². The van der Waals surface area contributed by atoms with Crippen molar-refractivity contribution in [3.63, 3.8) is 0 Å². The van der Waals surface area contributed by atoms with E-state index in [-0.39, 0.29) is 5.91 Å². The maximum Gasteiger partial charge on any atom is 0.236 e. The molecule has 0 aliphatic rings. The molecule has 0 bridgehead atoms. The van der Waals surface area contributed by atoms with Crippen molar-refractivity contribution in [1.82, 2.24) is 9.80 Å². The number of rotatable bonds is 7. The van der Waals surface area contributed by atoms with Gasteiger partial charge in [-0.15, -0.1) is 0 Å². The number of amides is 1. The number of hydrogen-bond donors (Lipinski definition) is 1. The Morgan fingerprint density at radius 1 is 1.20 bits per heavy atom. The molecule has 0 spiro atoms. The van der Waals surface area contributed by atoms with Crippen LogP contribution in [0.4, 0.5) is 0 Å². The van der Waals surface area contributed by atoms with Gasteiger partial charge < -0.3 is 10.6 Å². The highest BCUT2D eigenvalue weighted by molar-refractivity contribution is 7.80. The molecule has 4 nitrogen and oxygen atoms in total. The first-order valence-electron chi connectivity index (χ1n) is 6.83. The first-order valence-corrected chi connectivity index (χ1v) is 7.23. The molecule has 1 amide bonds. The highest BCUT2D eigenvalue weighted by Crippen LogP contribution is 2.07. The third kappa shape index (κ3) is 4.90. The Kier molecular flexibility index (Phi) is 6.61. The summed E-state index contributed by atoms with van der Waals surface area (Å²) in [6, 6.07) is 7.81. The molecule has 110 valence electrons. The second kappa shape index (κ2) is 7.97. The van der Waals surface area contributed by atoms with Gasteiger partial charge in [0.15, 0.2) is 0 Å². The van der Waals surface area contributed by atoms with Gasteiger partial charge in [0.05, 0.1) is 6.54 Å². The van der Waals surface area contributed by atoms with Crippen molar-refractivity contribution in [1.29, 1.82) is 0 Å². The Balaban J connectivity index is 2.55. The predicted octanol–water partition coefficient (Wildman–Crippen LogP) is 1.62. The van der Waals surface area contributed by atoms with Crippen molar-refractivity contribution in [2.24, 2.45) is 5.73 Å². The Morgan fingerprint density at radius 3 is 2.20 bits per heavy atom. The van der Waals surface area contributed by atoms with Crippen LogP contribution >= 0.6 is 12.2 Å². The highest BCUT2D eigenvalue weighted by atomic mass is 32.1. The lowest BCUT2D eigenvalue weighted by molar-refractivity contribution is -0.131. The maximum atomic E-state index is 12.0. The zero-order valence-corrected chi connectivity index (χ0v) is 13.2. The maximum absolute atomic E-state index is 12.0. The van der Waals surface area contributed by atoms with E-state index < -0.39 is 0 Å². The summed E-state index contributed by atoms with van der Waals surface area (Å²) in [4.78, 5) is 16.3. The van der Waals surface area contributed by atoms with E-state index in [2.05, 4.69) is 0 Å². The molecule has 1 rings (SSSR count). The second-order valence-electron chi connectivity index (χ2n) is 4.80. The van der Waals surface area contributed by atoms with Crippen LogP contribution < -0.4 is 5.73 Å². The molecule has 0 unspecified atom stereocenters. The normalized spacial score (nSPS) is 10.6. The Morgan fingerprint density at radius 2 is 1.75 bits per heavy atom. The van der Waals surface area contributed by atoms with Crippen LogP contribution in [0.25, 0.3) is 0 Å². The van der Waals surface area contributed by atoms with Crippen molar-refractivity contribution >= 4 is 23.1 Å². The van der Waals surface area contributed by atoms with Crippen LogP contribution in [0.15, 0.2) is 24.3 Å². The van der Waals surface area contributed by atoms with Gasteiger partial charge in [-0.25, -0.2) is 0 Å². The van der Waals surface area contributed by atoms with Crippen LogP contribution in [0.5, 0.6) is 0 Å². The number of nitrogens with two attached hydrogens (primary N) is 1. The molecule has 1 aromatic carbocycles. The summed E-state index contributed by atoms with van der Waals surface area (Å²) in [5.41, 5.74) is 7.57. The zero-order chi connectivity index (χ0) is 15.1. The number of nitrogens with zero attached hydrogens (tertiary/aromatic N) is 2. The van der Waals surface area contributed by atoms with Gasteiger partial charge >= 0.3 is 0 Å². The monoisotopic (exact) mass is 293 g/mol. The molecule has 0 fully saturated rings. The molecular formula is C15H23N3OS. The lowest BCUT2D eigenvalue weighted by Gasteiger charge is -2.23. The van der Waals surface area contributed by atoms with E-state index in [0.29, 0.717) is 11.5 Å². The average molecular weight is 293 g/mol. The zero-order valence-electron chi connectivity index (χ0n) is 12.4. The highest BCUT2D eigenvalue weighted by Gasteiger charge is 2.12. The van der Waals surface area contributed by atoms with E-state index in [9.17, 15) is 4.79 Å². The van der Waals surface area contributed by atoms with E-state index in [0.717, 1.165) is 30.8 Å². The van der Waals surface area contributed by atoms with E-state index >= 15 is 0 Å². The molecule has 0 radical (unpaired) electrons.